The number of carbonyl (C=O) groups excluding carboxylic acids is 1. The van der Waals surface area contributed by atoms with Gasteiger partial charge in [-0.2, -0.15) is 0 Å². The minimum absolute atomic E-state index is 0.0588. The zero-order valence-electron chi connectivity index (χ0n) is 13.0. The van der Waals surface area contributed by atoms with Gasteiger partial charge in [0.1, 0.15) is 0 Å². The van der Waals surface area contributed by atoms with E-state index < -0.39 is 0 Å². The van der Waals surface area contributed by atoms with Gasteiger partial charge in [-0.15, -0.1) is 0 Å². The van der Waals surface area contributed by atoms with Crippen LogP contribution in [0.5, 0.6) is 0 Å². The zero-order chi connectivity index (χ0) is 16.7. The van der Waals surface area contributed by atoms with Crippen molar-refractivity contribution < 1.29 is 4.79 Å². The van der Waals surface area contributed by atoms with Crippen molar-refractivity contribution in [3.8, 4) is 0 Å². The van der Waals surface area contributed by atoms with Crippen molar-refractivity contribution >= 4 is 34.8 Å². The highest BCUT2D eigenvalue weighted by atomic mass is 35.5. The molecule has 0 aliphatic rings. The quantitative estimate of drug-likeness (QED) is 0.729. The summed E-state index contributed by atoms with van der Waals surface area (Å²) < 4.78 is 0. The summed E-state index contributed by atoms with van der Waals surface area (Å²) in [6, 6.07) is 13.3. The molecular weight excluding hydrogens is 331 g/mol. The van der Waals surface area contributed by atoms with Crippen molar-refractivity contribution in [2.45, 2.75) is 19.8 Å². The van der Waals surface area contributed by atoms with E-state index in [9.17, 15) is 4.79 Å². The smallest absolute Gasteiger partial charge is 0.238 e. The third-order valence-corrected chi connectivity index (χ3v) is 4.10. The monoisotopic (exact) mass is 350 g/mol. The van der Waals surface area contributed by atoms with Crippen LogP contribution in [0.3, 0.4) is 0 Å². The van der Waals surface area contributed by atoms with E-state index in [0.29, 0.717) is 16.6 Å². The molecule has 0 heterocycles. The summed E-state index contributed by atoms with van der Waals surface area (Å²) in [6.45, 7) is 3.04. The van der Waals surface area contributed by atoms with Crippen molar-refractivity contribution in [2.75, 3.05) is 18.4 Å². The normalized spacial score (nSPS) is 10.6. The SMILES string of the molecule is CCc1ccc(NC(=O)CNCCc2ccc(Cl)cc2Cl)cc1. The van der Waals surface area contributed by atoms with Gasteiger partial charge in [0.15, 0.2) is 0 Å². The number of amides is 1. The van der Waals surface area contributed by atoms with E-state index in [2.05, 4.69) is 17.6 Å². The molecule has 0 atom stereocenters. The molecule has 2 N–H and O–H groups in total. The van der Waals surface area contributed by atoms with Crippen LogP contribution < -0.4 is 10.6 Å². The molecule has 0 aliphatic carbocycles. The van der Waals surface area contributed by atoms with Crippen LogP contribution in [-0.2, 0) is 17.6 Å². The summed E-state index contributed by atoms with van der Waals surface area (Å²) in [5, 5.41) is 7.26. The average molecular weight is 351 g/mol. The first kappa shape index (κ1) is 17.8. The number of halogens is 2. The second-order valence-electron chi connectivity index (χ2n) is 5.26. The second kappa shape index (κ2) is 8.92. The summed E-state index contributed by atoms with van der Waals surface area (Å²) in [5.41, 5.74) is 3.08. The molecule has 2 aromatic carbocycles. The predicted octanol–water partition coefficient (Wildman–Crippen LogP) is 4.33. The molecule has 0 saturated carbocycles. The minimum atomic E-state index is -0.0588. The average Bonchev–Trinajstić information content (AvgIpc) is 2.54. The maximum atomic E-state index is 11.9. The Bertz CT molecular complexity index is 657. The van der Waals surface area contributed by atoms with Crippen LogP contribution in [0.4, 0.5) is 5.69 Å². The van der Waals surface area contributed by atoms with Crippen LogP contribution in [0.15, 0.2) is 42.5 Å². The van der Waals surface area contributed by atoms with Crippen molar-refractivity contribution in [1.29, 1.82) is 0 Å². The van der Waals surface area contributed by atoms with Gasteiger partial charge in [-0.05, 0) is 54.8 Å². The molecule has 5 heteroatoms. The molecule has 0 spiro atoms. The van der Waals surface area contributed by atoms with Crippen LogP contribution >= 0.6 is 23.2 Å². The Hall–Kier alpha value is -1.55. The number of aryl methyl sites for hydroxylation is 1. The first-order valence-electron chi connectivity index (χ1n) is 7.62. The van der Waals surface area contributed by atoms with Gasteiger partial charge in [0, 0.05) is 15.7 Å². The number of anilines is 1. The summed E-state index contributed by atoms with van der Waals surface area (Å²) in [7, 11) is 0. The summed E-state index contributed by atoms with van der Waals surface area (Å²) >= 11 is 12.0. The highest BCUT2D eigenvalue weighted by Crippen LogP contribution is 2.21. The Kier molecular flexibility index (Phi) is 6.90. The largest absolute Gasteiger partial charge is 0.325 e. The third-order valence-electron chi connectivity index (χ3n) is 3.52. The molecule has 0 saturated heterocycles. The molecule has 0 fully saturated rings. The van der Waals surface area contributed by atoms with E-state index in [1.54, 1.807) is 6.07 Å². The van der Waals surface area contributed by atoms with Crippen LogP contribution in [-0.4, -0.2) is 19.0 Å². The van der Waals surface area contributed by atoms with Crippen LogP contribution in [0.1, 0.15) is 18.1 Å². The molecule has 2 aromatic rings. The van der Waals surface area contributed by atoms with Gasteiger partial charge in [-0.25, -0.2) is 0 Å². The Balaban J connectivity index is 1.72. The number of hydrogen-bond acceptors (Lipinski definition) is 2. The van der Waals surface area contributed by atoms with Crippen LogP contribution in [0, 0.1) is 0 Å². The van der Waals surface area contributed by atoms with Crippen molar-refractivity contribution in [2.24, 2.45) is 0 Å². The van der Waals surface area contributed by atoms with Gasteiger partial charge < -0.3 is 10.6 Å². The molecule has 3 nitrogen and oxygen atoms in total. The predicted molar refractivity (Wildman–Crippen MR) is 97.5 cm³/mol. The van der Waals surface area contributed by atoms with Crippen molar-refractivity contribution in [1.82, 2.24) is 5.32 Å². The van der Waals surface area contributed by atoms with Crippen LogP contribution in [0.25, 0.3) is 0 Å². The first-order chi connectivity index (χ1) is 11.1. The van der Waals surface area contributed by atoms with Gasteiger partial charge in [0.25, 0.3) is 0 Å². The molecule has 23 heavy (non-hydrogen) atoms. The van der Waals surface area contributed by atoms with E-state index in [1.807, 2.05) is 36.4 Å². The molecular formula is C18H20Cl2N2O. The summed E-state index contributed by atoms with van der Waals surface area (Å²) in [6.07, 6.45) is 1.73. The standard InChI is InChI=1S/C18H20Cl2N2O/c1-2-13-3-7-16(8-4-13)22-18(23)12-21-10-9-14-5-6-15(19)11-17(14)20/h3-8,11,21H,2,9-10,12H2,1H3,(H,22,23). The van der Waals surface area contributed by atoms with Crippen molar-refractivity contribution in [3.05, 3.63) is 63.6 Å². The van der Waals surface area contributed by atoms with Gasteiger partial charge >= 0.3 is 0 Å². The van der Waals surface area contributed by atoms with E-state index in [0.717, 1.165) is 24.1 Å². The molecule has 0 aliphatic heterocycles. The fourth-order valence-corrected chi connectivity index (χ4v) is 2.68. The highest BCUT2D eigenvalue weighted by molar-refractivity contribution is 6.35. The van der Waals surface area contributed by atoms with Gasteiger partial charge in [-0.1, -0.05) is 48.3 Å². The Labute approximate surface area is 147 Å². The highest BCUT2D eigenvalue weighted by Gasteiger charge is 2.04. The fraction of sp³-hybridized carbons (Fsp3) is 0.278. The lowest BCUT2D eigenvalue weighted by molar-refractivity contribution is -0.115. The number of benzene rings is 2. The lowest BCUT2D eigenvalue weighted by Gasteiger charge is -2.08. The first-order valence-corrected chi connectivity index (χ1v) is 8.37. The molecule has 0 radical (unpaired) electrons. The number of carbonyl (C=O) groups is 1. The lowest BCUT2D eigenvalue weighted by atomic mass is 10.1. The molecule has 0 unspecified atom stereocenters. The Morgan fingerprint density at radius 1 is 1.09 bits per heavy atom. The van der Waals surface area contributed by atoms with Gasteiger partial charge in [-0.3, -0.25) is 4.79 Å². The third kappa shape index (κ3) is 5.87. The Morgan fingerprint density at radius 3 is 2.48 bits per heavy atom. The van der Waals surface area contributed by atoms with Gasteiger partial charge in [0.05, 0.1) is 6.54 Å². The van der Waals surface area contributed by atoms with E-state index in [-0.39, 0.29) is 12.5 Å². The number of rotatable bonds is 7. The molecule has 0 bridgehead atoms. The Morgan fingerprint density at radius 2 is 1.83 bits per heavy atom. The topological polar surface area (TPSA) is 41.1 Å². The fourth-order valence-electron chi connectivity index (χ4n) is 2.18. The zero-order valence-corrected chi connectivity index (χ0v) is 14.5. The molecule has 0 aromatic heterocycles. The maximum absolute atomic E-state index is 11.9. The number of nitrogens with one attached hydrogen (secondary N) is 2. The van der Waals surface area contributed by atoms with Crippen LogP contribution in [0.2, 0.25) is 10.0 Å². The molecule has 122 valence electrons. The minimum Gasteiger partial charge on any atom is -0.325 e. The van der Waals surface area contributed by atoms with E-state index >= 15 is 0 Å². The molecule has 2 rings (SSSR count). The van der Waals surface area contributed by atoms with Gasteiger partial charge in [0.2, 0.25) is 5.91 Å². The van der Waals surface area contributed by atoms with E-state index in [4.69, 9.17) is 23.2 Å². The van der Waals surface area contributed by atoms with Crippen molar-refractivity contribution in [3.63, 3.8) is 0 Å². The maximum Gasteiger partial charge on any atom is 0.238 e. The second-order valence-corrected chi connectivity index (χ2v) is 6.10. The number of hydrogen-bond donors (Lipinski definition) is 2. The molecule has 1 amide bonds. The lowest BCUT2D eigenvalue weighted by Crippen LogP contribution is -2.29. The summed E-state index contributed by atoms with van der Waals surface area (Å²) in [4.78, 5) is 11.9. The summed E-state index contributed by atoms with van der Waals surface area (Å²) in [5.74, 6) is -0.0588. The van der Waals surface area contributed by atoms with E-state index in [1.165, 1.54) is 5.56 Å².